The monoisotopic (exact) mass is 485 g/mol. The van der Waals surface area contributed by atoms with Gasteiger partial charge in [0.1, 0.15) is 23.7 Å². The smallest absolute Gasteiger partial charge is 0.336 e. The molecule has 9 heteroatoms. The highest BCUT2D eigenvalue weighted by molar-refractivity contribution is 6.32. The second-order valence-electron chi connectivity index (χ2n) is 7.95. The molecule has 1 fully saturated rings. The summed E-state index contributed by atoms with van der Waals surface area (Å²) in [6.45, 7) is 2.02. The SMILES string of the molecule is CCc1ccc2c(COC(=O)[C@H]3CC(=O)N(c4cc(Cl)c(OC)cc4OC)C3)cc(=O)oc2c1. The van der Waals surface area contributed by atoms with Crippen molar-refractivity contribution in [2.45, 2.75) is 26.4 Å². The number of methoxy groups -OCH3 is 2. The first-order chi connectivity index (χ1) is 16.3. The summed E-state index contributed by atoms with van der Waals surface area (Å²) in [5, 5.41) is 1.02. The molecule has 0 aliphatic carbocycles. The van der Waals surface area contributed by atoms with Gasteiger partial charge < -0.3 is 23.5 Å². The molecule has 0 radical (unpaired) electrons. The van der Waals surface area contributed by atoms with E-state index in [2.05, 4.69) is 0 Å². The van der Waals surface area contributed by atoms with Crippen LogP contribution in [-0.4, -0.2) is 32.6 Å². The van der Waals surface area contributed by atoms with E-state index in [0.29, 0.717) is 38.7 Å². The van der Waals surface area contributed by atoms with E-state index >= 15 is 0 Å². The molecule has 0 bridgehead atoms. The zero-order valence-electron chi connectivity index (χ0n) is 19.1. The van der Waals surface area contributed by atoms with Gasteiger partial charge in [-0.05, 0) is 24.1 Å². The van der Waals surface area contributed by atoms with Crippen LogP contribution in [0, 0.1) is 5.92 Å². The Labute approximate surface area is 201 Å². The van der Waals surface area contributed by atoms with Gasteiger partial charge in [-0.25, -0.2) is 4.79 Å². The number of nitrogens with zero attached hydrogens (tertiary/aromatic N) is 1. The van der Waals surface area contributed by atoms with Crippen molar-refractivity contribution >= 4 is 40.1 Å². The van der Waals surface area contributed by atoms with E-state index in [1.54, 1.807) is 12.1 Å². The average Bonchev–Trinajstić information content (AvgIpc) is 3.22. The van der Waals surface area contributed by atoms with Crippen molar-refractivity contribution in [3.8, 4) is 11.5 Å². The maximum atomic E-state index is 12.8. The molecule has 8 nitrogen and oxygen atoms in total. The Morgan fingerprint density at radius 3 is 2.59 bits per heavy atom. The minimum Gasteiger partial charge on any atom is -0.495 e. The van der Waals surface area contributed by atoms with Crippen LogP contribution in [0.2, 0.25) is 5.02 Å². The summed E-state index contributed by atoms with van der Waals surface area (Å²) in [7, 11) is 2.96. The van der Waals surface area contributed by atoms with Gasteiger partial charge >= 0.3 is 11.6 Å². The number of ether oxygens (including phenoxy) is 3. The van der Waals surface area contributed by atoms with Crippen LogP contribution >= 0.6 is 11.6 Å². The van der Waals surface area contributed by atoms with Gasteiger partial charge in [-0.3, -0.25) is 9.59 Å². The lowest BCUT2D eigenvalue weighted by atomic mass is 10.1. The summed E-state index contributed by atoms with van der Waals surface area (Å²) in [4.78, 5) is 39.0. The van der Waals surface area contributed by atoms with Crippen molar-refractivity contribution in [2.75, 3.05) is 25.7 Å². The zero-order valence-corrected chi connectivity index (χ0v) is 19.8. The molecule has 4 rings (SSSR count). The largest absolute Gasteiger partial charge is 0.495 e. The molecule has 1 amide bonds. The number of halogens is 1. The van der Waals surface area contributed by atoms with Gasteiger partial charge in [0.05, 0.1) is 30.8 Å². The molecule has 0 unspecified atom stereocenters. The Morgan fingerprint density at radius 2 is 1.88 bits per heavy atom. The van der Waals surface area contributed by atoms with Crippen LogP contribution in [0.3, 0.4) is 0 Å². The third kappa shape index (κ3) is 4.59. The third-order valence-corrected chi connectivity index (χ3v) is 6.17. The number of fused-ring (bicyclic) bond motifs is 1. The predicted octanol–water partition coefficient (Wildman–Crippen LogP) is 4.12. The Morgan fingerprint density at radius 1 is 1.12 bits per heavy atom. The maximum Gasteiger partial charge on any atom is 0.336 e. The van der Waals surface area contributed by atoms with Crippen LogP contribution in [0.25, 0.3) is 11.0 Å². The van der Waals surface area contributed by atoms with Crippen LogP contribution in [0.5, 0.6) is 11.5 Å². The average molecular weight is 486 g/mol. The van der Waals surface area contributed by atoms with Crippen molar-refractivity contribution in [2.24, 2.45) is 5.92 Å². The number of anilines is 1. The van der Waals surface area contributed by atoms with Crippen LogP contribution < -0.4 is 20.0 Å². The number of benzene rings is 2. The molecule has 1 atom stereocenters. The standard InChI is InChI=1S/C25H24ClNO7/c1-4-14-5-6-17-16(9-24(29)34-20(17)7-14)13-33-25(30)15-8-23(28)27(12-15)19-10-18(26)21(31-2)11-22(19)32-3/h5-7,9-11,15H,4,8,12-13H2,1-3H3/t15-/m0/s1. The first-order valence-corrected chi connectivity index (χ1v) is 11.2. The number of esters is 1. The maximum absolute atomic E-state index is 12.8. The molecule has 34 heavy (non-hydrogen) atoms. The quantitative estimate of drug-likeness (QED) is 0.367. The molecule has 2 aromatic carbocycles. The van der Waals surface area contributed by atoms with Crippen LogP contribution in [0.15, 0.2) is 45.6 Å². The Kier molecular flexibility index (Phi) is 6.79. The van der Waals surface area contributed by atoms with Crippen LogP contribution in [0.4, 0.5) is 5.69 Å². The molecule has 1 saturated heterocycles. The van der Waals surface area contributed by atoms with Gasteiger partial charge in [-0.2, -0.15) is 0 Å². The summed E-state index contributed by atoms with van der Waals surface area (Å²) < 4.78 is 21.4. The van der Waals surface area contributed by atoms with Crippen molar-refractivity contribution in [1.29, 1.82) is 0 Å². The fraction of sp³-hybridized carbons (Fsp3) is 0.320. The fourth-order valence-corrected chi connectivity index (χ4v) is 4.27. The fourth-order valence-electron chi connectivity index (χ4n) is 4.03. The highest BCUT2D eigenvalue weighted by atomic mass is 35.5. The summed E-state index contributed by atoms with van der Waals surface area (Å²) in [6.07, 6.45) is 0.790. The molecule has 0 saturated carbocycles. The molecule has 0 spiro atoms. The van der Waals surface area contributed by atoms with Gasteiger partial charge in [0.2, 0.25) is 5.91 Å². The summed E-state index contributed by atoms with van der Waals surface area (Å²) in [5.41, 5.74) is 1.96. The lowest BCUT2D eigenvalue weighted by Gasteiger charge is -2.20. The van der Waals surface area contributed by atoms with E-state index in [1.807, 2.05) is 25.1 Å². The molecule has 2 heterocycles. The van der Waals surface area contributed by atoms with E-state index in [9.17, 15) is 14.4 Å². The Hall–Kier alpha value is -3.52. The summed E-state index contributed by atoms with van der Waals surface area (Å²) >= 11 is 6.24. The first kappa shape index (κ1) is 23.6. The molecule has 178 valence electrons. The number of rotatable bonds is 7. The molecule has 3 aromatic rings. The van der Waals surface area contributed by atoms with E-state index in [4.69, 9.17) is 30.2 Å². The molecule has 0 N–H and O–H groups in total. The lowest BCUT2D eigenvalue weighted by molar-refractivity contribution is -0.149. The number of hydrogen-bond donors (Lipinski definition) is 0. The van der Waals surface area contributed by atoms with E-state index in [-0.39, 0.29) is 25.5 Å². The molecule has 1 aliphatic rings. The normalized spacial score (nSPS) is 15.6. The van der Waals surface area contributed by atoms with E-state index in [1.165, 1.54) is 25.2 Å². The second kappa shape index (κ2) is 9.77. The topological polar surface area (TPSA) is 95.3 Å². The summed E-state index contributed by atoms with van der Waals surface area (Å²) in [5.74, 6) is -0.635. The Bertz CT molecular complexity index is 1320. The molecule has 1 aliphatic heterocycles. The highest BCUT2D eigenvalue weighted by Crippen LogP contribution is 2.40. The van der Waals surface area contributed by atoms with Crippen molar-refractivity contribution in [3.05, 3.63) is 63.0 Å². The molecule has 1 aromatic heterocycles. The molecular weight excluding hydrogens is 462 g/mol. The minimum atomic E-state index is -0.670. The summed E-state index contributed by atoms with van der Waals surface area (Å²) in [6, 6.07) is 10.1. The van der Waals surface area contributed by atoms with Crippen molar-refractivity contribution in [3.63, 3.8) is 0 Å². The van der Waals surface area contributed by atoms with E-state index < -0.39 is 17.5 Å². The second-order valence-corrected chi connectivity index (χ2v) is 8.35. The van der Waals surface area contributed by atoms with Crippen molar-refractivity contribution in [1.82, 2.24) is 0 Å². The number of aryl methyl sites for hydroxylation is 1. The van der Waals surface area contributed by atoms with Crippen LogP contribution in [0.1, 0.15) is 24.5 Å². The third-order valence-electron chi connectivity index (χ3n) is 5.88. The number of amides is 1. The first-order valence-electron chi connectivity index (χ1n) is 10.8. The van der Waals surface area contributed by atoms with Gasteiger partial charge in [-0.1, -0.05) is 30.7 Å². The number of carbonyl (C=O) groups excluding carboxylic acids is 2. The number of carbonyl (C=O) groups is 2. The minimum absolute atomic E-state index is 0.0107. The van der Waals surface area contributed by atoms with Crippen LogP contribution in [-0.2, 0) is 27.4 Å². The van der Waals surface area contributed by atoms with Crippen molar-refractivity contribution < 1.29 is 28.2 Å². The Balaban J connectivity index is 1.50. The van der Waals surface area contributed by atoms with Gasteiger partial charge in [-0.15, -0.1) is 0 Å². The van der Waals surface area contributed by atoms with Gasteiger partial charge in [0.25, 0.3) is 0 Å². The van der Waals surface area contributed by atoms with E-state index in [0.717, 1.165) is 12.0 Å². The number of hydrogen-bond acceptors (Lipinski definition) is 7. The van der Waals surface area contributed by atoms with Gasteiger partial charge in [0.15, 0.2) is 0 Å². The lowest BCUT2D eigenvalue weighted by Crippen LogP contribution is -2.27. The molecular formula is C25H24ClNO7. The highest BCUT2D eigenvalue weighted by Gasteiger charge is 2.37. The van der Waals surface area contributed by atoms with Gasteiger partial charge in [0, 0.05) is 36.0 Å². The zero-order chi connectivity index (χ0) is 24.4. The predicted molar refractivity (Wildman–Crippen MR) is 127 cm³/mol.